The highest BCUT2D eigenvalue weighted by molar-refractivity contribution is 6.00. The van der Waals surface area contributed by atoms with Gasteiger partial charge in [-0.05, 0) is 26.6 Å². The second-order valence-corrected chi connectivity index (χ2v) is 5.39. The molecule has 1 aromatic rings. The summed E-state index contributed by atoms with van der Waals surface area (Å²) in [5, 5.41) is 0. The minimum Gasteiger partial charge on any atom is -0.454 e. The largest absolute Gasteiger partial charge is 0.454 e. The van der Waals surface area contributed by atoms with Crippen molar-refractivity contribution in [3.63, 3.8) is 0 Å². The number of amides is 1. The molecule has 1 amide bonds. The molecule has 1 aliphatic heterocycles. The van der Waals surface area contributed by atoms with Crippen molar-refractivity contribution in [1.29, 1.82) is 0 Å². The molecule has 0 atom stereocenters. The van der Waals surface area contributed by atoms with Crippen LogP contribution < -0.4 is 15.2 Å². The number of nitrogens with two attached hydrogens (primary N) is 1. The van der Waals surface area contributed by atoms with Crippen molar-refractivity contribution in [3.05, 3.63) is 17.7 Å². The molecule has 0 aromatic heterocycles. The van der Waals surface area contributed by atoms with Crippen LogP contribution in [0.1, 0.15) is 23.7 Å². The number of fused-ring (bicyclic) bond motifs is 1. The monoisotopic (exact) mass is 293 g/mol. The molecule has 0 radical (unpaired) electrons. The van der Waals surface area contributed by atoms with Crippen molar-refractivity contribution in [3.8, 4) is 11.5 Å². The number of carbonyl (C=O) groups excluding carboxylic acids is 1. The molecule has 0 saturated carbocycles. The molecule has 1 heterocycles. The maximum atomic E-state index is 12.7. The van der Waals surface area contributed by atoms with Gasteiger partial charge in [0.05, 0.1) is 5.56 Å². The molecular weight excluding hydrogens is 270 g/mol. The van der Waals surface area contributed by atoms with E-state index in [1.54, 1.807) is 12.1 Å². The van der Waals surface area contributed by atoms with Crippen LogP contribution in [0.25, 0.3) is 0 Å². The van der Waals surface area contributed by atoms with Gasteiger partial charge in [-0.1, -0.05) is 6.92 Å². The number of rotatable bonds is 6. The number of likely N-dealkylation sites (N-methyl/N-ethyl adjacent to an activating group) is 1. The molecule has 0 fully saturated rings. The fourth-order valence-corrected chi connectivity index (χ4v) is 2.22. The van der Waals surface area contributed by atoms with Crippen LogP contribution in [-0.4, -0.2) is 56.2 Å². The smallest absolute Gasteiger partial charge is 0.256 e. The topological polar surface area (TPSA) is 68.0 Å². The maximum absolute atomic E-state index is 12.7. The number of nitrogen functional groups attached to an aromatic ring is 1. The molecule has 0 aliphatic carbocycles. The Balaban J connectivity index is 2.19. The fourth-order valence-electron chi connectivity index (χ4n) is 2.22. The van der Waals surface area contributed by atoms with Crippen LogP contribution in [0.3, 0.4) is 0 Å². The number of hydrogen-bond acceptors (Lipinski definition) is 5. The predicted octanol–water partition coefficient (Wildman–Crippen LogP) is 1.41. The van der Waals surface area contributed by atoms with Gasteiger partial charge in [-0.15, -0.1) is 0 Å². The van der Waals surface area contributed by atoms with Gasteiger partial charge in [-0.3, -0.25) is 4.79 Å². The van der Waals surface area contributed by atoms with Crippen LogP contribution in [0.15, 0.2) is 12.1 Å². The lowest BCUT2D eigenvalue weighted by atomic mass is 10.1. The third kappa shape index (κ3) is 3.58. The highest BCUT2D eigenvalue weighted by Crippen LogP contribution is 2.36. The first-order chi connectivity index (χ1) is 10.0. The lowest BCUT2D eigenvalue weighted by molar-refractivity contribution is 0.0745. The van der Waals surface area contributed by atoms with E-state index < -0.39 is 0 Å². The van der Waals surface area contributed by atoms with Gasteiger partial charge in [0.1, 0.15) is 0 Å². The van der Waals surface area contributed by atoms with E-state index in [1.165, 1.54) is 0 Å². The molecule has 2 rings (SSSR count). The van der Waals surface area contributed by atoms with Crippen molar-refractivity contribution in [1.82, 2.24) is 9.80 Å². The molecule has 0 spiro atoms. The summed E-state index contributed by atoms with van der Waals surface area (Å²) in [7, 11) is 3.98. The van der Waals surface area contributed by atoms with Crippen LogP contribution in [0.4, 0.5) is 5.69 Å². The normalized spacial score (nSPS) is 12.8. The van der Waals surface area contributed by atoms with Gasteiger partial charge in [-0.25, -0.2) is 0 Å². The van der Waals surface area contributed by atoms with Gasteiger partial charge >= 0.3 is 0 Å². The Kier molecular flexibility index (Phi) is 4.90. The zero-order valence-corrected chi connectivity index (χ0v) is 12.9. The standard InChI is InChI=1S/C15H23N3O3/c1-4-5-18(7-6-17(2)3)15(19)11-8-13-14(9-12(11)16)21-10-20-13/h8-9H,4-7,10,16H2,1-3H3. The van der Waals surface area contributed by atoms with E-state index in [1.807, 2.05) is 19.0 Å². The summed E-state index contributed by atoms with van der Waals surface area (Å²) in [6.07, 6.45) is 0.906. The third-order valence-corrected chi connectivity index (χ3v) is 3.37. The molecule has 6 nitrogen and oxygen atoms in total. The Bertz CT molecular complexity index is 517. The van der Waals surface area contributed by atoms with Crippen LogP contribution in [0.5, 0.6) is 11.5 Å². The first-order valence-corrected chi connectivity index (χ1v) is 7.16. The van der Waals surface area contributed by atoms with E-state index in [0.717, 1.165) is 13.0 Å². The first kappa shape index (κ1) is 15.4. The Hall–Kier alpha value is -1.95. The third-order valence-electron chi connectivity index (χ3n) is 3.37. The second-order valence-electron chi connectivity index (χ2n) is 5.39. The highest BCUT2D eigenvalue weighted by Gasteiger charge is 2.23. The van der Waals surface area contributed by atoms with E-state index >= 15 is 0 Å². The lowest BCUT2D eigenvalue weighted by Gasteiger charge is -2.24. The van der Waals surface area contributed by atoms with Crippen molar-refractivity contribution in [2.75, 3.05) is 46.3 Å². The van der Waals surface area contributed by atoms with Gasteiger partial charge in [0.15, 0.2) is 11.5 Å². The number of benzene rings is 1. The van der Waals surface area contributed by atoms with E-state index in [-0.39, 0.29) is 12.7 Å². The summed E-state index contributed by atoms with van der Waals surface area (Å²) in [6, 6.07) is 3.34. The molecule has 0 saturated heterocycles. The molecule has 2 N–H and O–H groups in total. The molecule has 1 aromatic carbocycles. The van der Waals surface area contributed by atoms with Gasteiger partial charge < -0.3 is 25.0 Å². The first-order valence-electron chi connectivity index (χ1n) is 7.16. The summed E-state index contributed by atoms with van der Waals surface area (Å²) < 4.78 is 10.6. The fraction of sp³-hybridized carbons (Fsp3) is 0.533. The Labute approximate surface area is 125 Å². The molecule has 6 heteroatoms. The predicted molar refractivity (Wildman–Crippen MR) is 81.7 cm³/mol. The number of carbonyl (C=O) groups is 1. The SMILES string of the molecule is CCCN(CCN(C)C)C(=O)c1cc2c(cc1N)OCO2. The van der Waals surface area contributed by atoms with Crippen molar-refractivity contribution < 1.29 is 14.3 Å². The minimum atomic E-state index is -0.0606. The Morgan fingerprint density at radius 3 is 2.48 bits per heavy atom. The summed E-state index contributed by atoms with van der Waals surface area (Å²) in [5.41, 5.74) is 6.90. The molecular formula is C15H23N3O3. The number of hydrogen-bond donors (Lipinski definition) is 1. The highest BCUT2D eigenvalue weighted by atomic mass is 16.7. The zero-order chi connectivity index (χ0) is 15.4. The molecule has 0 bridgehead atoms. The number of anilines is 1. The second kappa shape index (κ2) is 6.67. The Morgan fingerprint density at radius 1 is 1.19 bits per heavy atom. The lowest BCUT2D eigenvalue weighted by Crippen LogP contribution is -2.37. The summed E-state index contributed by atoms with van der Waals surface area (Å²) in [4.78, 5) is 16.6. The summed E-state index contributed by atoms with van der Waals surface area (Å²) >= 11 is 0. The quantitative estimate of drug-likeness (QED) is 0.803. The van der Waals surface area contributed by atoms with Gasteiger partial charge in [0, 0.05) is 31.4 Å². The molecule has 0 unspecified atom stereocenters. The van der Waals surface area contributed by atoms with E-state index in [9.17, 15) is 4.79 Å². The van der Waals surface area contributed by atoms with Crippen molar-refractivity contribution in [2.45, 2.75) is 13.3 Å². The summed E-state index contributed by atoms with van der Waals surface area (Å²) in [6.45, 7) is 4.43. The van der Waals surface area contributed by atoms with Gasteiger partial charge in [-0.2, -0.15) is 0 Å². The van der Waals surface area contributed by atoms with Gasteiger partial charge in [0.25, 0.3) is 5.91 Å². The van der Waals surface area contributed by atoms with Crippen molar-refractivity contribution >= 4 is 11.6 Å². The van der Waals surface area contributed by atoms with Crippen LogP contribution in [-0.2, 0) is 0 Å². The van der Waals surface area contributed by atoms with Crippen LogP contribution in [0, 0.1) is 0 Å². The van der Waals surface area contributed by atoms with Gasteiger partial charge in [0.2, 0.25) is 6.79 Å². The number of nitrogens with zero attached hydrogens (tertiary/aromatic N) is 2. The zero-order valence-electron chi connectivity index (χ0n) is 12.9. The molecule has 21 heavy (non-hydrogen) atoms. The molecule has 116 valence electrons. The molecule has 1 aliphatic rings. The number of ether oxygens (including phenoxy) is 2. The Morgan fingerprint density at radius 2 is 1.86 bits per heavy atom. The van der Waals surface area contributed by atoms with Crippen LogP contribution >= 0.6 is 0 Å². The average molecular weight is 293 g/mol. The summed E-state index contributed by atoms with van der Waals surface area (Å²) in [5.74, 6) is 1.12. The van der Waals surface area contributed by atoms with E-state index in [2.05, 4.69) is 11.8 Å². The minimum absolute atomic E-state index is 0.0606. The van der Waals surface area contributed by atoms with Crippen LogP contribution in [0.2, 0.25) is 0 Å². The van der Waals surface area contributed by atoms with Crippen molar-refractivity contribution in [2.24, 2.45) is 0 Å². The average Bonchev–Trinajstić information content (AvgIpc) is 2.88. The van der Waals surface area contributed by atoms with E-state index in [0.29, 0.717) is 35.8 Å². The van der Waals surface area contributed by atoms with E-state index in [4.69, 9.17) is 15.2 Å². The maximum Gasteiger partial charge on any atom is 0.256 e.